The van der Waals surface area contributed by atoms with E-state index in [2.05, 4.69) is 15.5 Å². The van der Waals surface area contributed by atoms with Crippen LogP contribution in [-0.2, 0) is 16.1 Å². The molecule has 0 saturated heterocycles. The number of hydrogen-bond acceptors (Lipinski definition) is 4. The average molecular weight is 223 g/mol. The Morgan fingerprint density at radius 1 is 1.62 bits per heavy atom. The van der Waals surface area contributed by atoms with Crippen molar-refractivity contribution in [2.24, 2.45) is 0 Å². The van der Waals surface area contributed by atoms with Gasteiger partial charge in [-0.25, -0.2) is 0 Å². The van der Waals surface area contributed by atoms with E-state index in [1.807, 2.05) is 20.8 Å². The minimum Gasteiger partial charge on any atom is -0.460 e. The number of nitrogens with zero attached hydrogens (tertiary/aromatic N) is 1. The average Bonchev–Trinajstić information content (AvgIpc) is 2.66. The molecular formula is C11H17N3O2. The van der Waals surface area contributed by atoms with E-state index in [0.717, 1.165) is 17.8 Å². The highest BCUT2D eigenvalue weighted by atomic mass is 16.6. The fourth-order valence-electron chi connectivity index (χ4n) is 1.83. The molecule has 0 fully saturated rings. The number of rotatable bonds is 2. The minimum absolute atomic E-state index is 0.0311. The summed E-state index contributed by atoms with van der Waals surface area (Å²) in [6.07, 6.45) is 2.12. The van der Waals surface area contributed by atoms with Crippen LogP contribution in [0, 0.1) is 0 Å². The second-order valence-electron chi connectivity index (χ2n) is 5.03. The maximum absolute atomic E-state index is 11.7. The van der Waals surface area contributed by atoms with Gasteiger partial charge in [-0.2, -0.15) is 5.10 Å². The molecule has 1 aliphatic rings. The second kappa shape index (κ2) is 3.90. The van der Waals surface area contributed by atoms with Gasteiger partial charge in [-0.3, -0.25) is 9.89 Å². The molecule has 0 bridgehead atoms. The number of H-pyrrole nitrogens is 1. The van der Waals surface area contributed by atoms with Gasteiger partial charge in [-0.15, -0.1) is 0 Å². The Hall–Kier alpha value is -1.36. The molecule has 0 saturated carbocycles. The van der Waals surface area contributed by atoms with Crippen molar-refractivity contribution < 1.29 is 9.53 Å². The van der Waals surface area contributed by atoms with Crippen molar-refractivity contribution >= 4 is 5.97 Å². The van der Waals surface area contributed by atoms with E-state index in [-0.39, 0.29) is 12.0 Å². The molecule has 5 nitrogen and oxygen atoms in total. The zero-order valence-corrected chi connectivity index (χ0v) is 9.83. The lowest BCUT2D eigenvalue weighted by Crippen LogP contribution is -2.26. The van der Waals surface area contributed by atoms with Gasteiger partial charge in [-0.05, 0) is 20.8 Å². The van der Waals surface area contributed by atoms with Crippen LogP contribution in [0.25, 0.3) is 0 Å². The van der Waals surface area contributed by atoms with E-state index in [1.165, 1.54) is 0 Å². The molecule has 5 heteroatoms. The standard InChI is InChI=1S/C11H17N3O2/c1-11(2,3)16-10(15)4-8-7-5-13-14-9(7)6-12-8/h5,8,12H,4,6H2,1-3H3,(H,13,14). The molecule has 2 rings (SSSR count). The monoisotopic (exact) mass is 223 g/mol. The Kier molecular flexibility index (Phi) is 2.71. The van der Waals surface area contributed by atoms with Crippen molar-refractivity contribution in [1.82, 2.24) is 15.5 Å². The highest BCUT2D eigenvalue weighted by molar-refractivity contribution is 5.71. The lowest BCUT2D eigenvalue weighted by molar-refractivity contribution is -0.155. The van der Waals surface area contributed by atoms with Crippen LogP contribution < -0.4 is 5.32 Å². The van der Waals surface area contributed by atoms with Crippen molar-refractivity contribution in [3.63, 3.8) is 0 Å². The molecule has 0 aromatic carbocycles. The van der Waals surface area contributed by atoms with Crippen LogP contribution in [0.2, 0.25) is 0 Å². The van der Waals surface area contributed by atoms with Crippen molar-refractivity contribution in [1.29, 1.82) is 0 Å². The van der Waals surface area contributed by atoms with Gasteiger partial charge >= 0.3 is 5.97 Å². The number of carbonyl (C=O) groups is 1. The number of fused-ring (bicyclic) bond motifs is 1. The van der Waals surface area contributed by atoms with Gasteiger partial charge in [0.15, 0.2) is 0 Å². The molecule has 0 amide bonds. The zero-order valence-electron chi connectivity index (χ0n) is 9.83. The maximum Gasteiger partial charge on any atom is 0.308 e. The molecule has 1 aromatic heterocycles. The molecule has 1 unspecified atom stereocenters. The Morgan fingerprint density at radius 3 is 3.06 bits per heavy atom. The summed E-state index contributed by atoms with van der Waals surface area (Å²) in [5.74, 6) is -0.181. The first-order chi connectivity index (χ1) is 7.46. The molecule has 16 heavy (non-hydrogen) atoms. The fraction of sp³-hybridized carbons (Fsp3) is 0.636. The Morgan fingerprint density at radius 2 is 2.38 bits per heavy atom. The van der Waals surface area contributed by atoms with E-state index >= 15 is 0 Å². The summed E-state index contributed by atoms with van der Waals surface area (Å²) in [5, 5.41) is 10.1. The number of hydrogen-bond donors (Lipinski definition) is 2. The Balaban J connectivity index is 1.95. The first-order valence-corrected chi connectivity index (χ1v) is 5.43. The lowest BCUT2D eigenvalue weighted by atomic mass is 10.1. The molecule has 0 radical (unpaired) electrons. The highest BCUT2D eigenvalue weighted by Crippen LogP contribution is 2.26. The van der Waals surface area contributed by atoms with Gasteiger partial charge in [0.2, 0.25) is 0 Å². The van der Waals surface area contributed by atoms with Crippen molar-refractivity contribution in [3.05, 3.63) is 17.5 Å². The summed E-state index contributed by atoms with van der Waals surface area (Å²) in [7, 11) is 0. The quantitative estimate of drug-likeness (QED) is 0.741. The third kappa shape index (κ3) is 2.41. The van der Waals surface area contributed by atoms with Crippen LogP contribution in [0.5, 0.6) is 0 Å². The topological polar surface area (TPSA) is 67.0 Å². The van der Waals surface area contributed by atoms with E-state index < -0.39 is 5.60 Å². The number of carbonyl (C=O) groups excluding carboxylic acids is 1. The van der Waals surface area contributed by atoms with Gasteiger partial charge < -0.3 is 10.1 Å². The van der Waals surface area contributed by atoms with Gasteiger partial charge in [0.1, 0.15) is 5.60 Å². The first-order valence-electron chi connectivity index (χ1n) is 5.43. The number of esters is 1. The van der Waals surface area contributed by atoms with Crippen LogP contribution in [0.4, 0.5) is 0 Å². The number of nitrogens with one attached hydrogen (secondary N) is 2. The fourth-order valence-corrected chi connectivity index (χ4v) is 1.83. The first kappa shape index (κ1) is 11.1. The zero-order chi connectivity index (χ0) is 11.8. The lowest BCUT2D eigenvalue weighted by Gasteiger charge is -2.20. The minimum atomic E-state index is -0.422. The predicted molar refractivity (Wildman–Crippen MR) is 58.6 cm³/mol. The SMILES string of the molecule is CC(C)(C)OC(=O)CC1NCc2[nH]ncc21. The van der Waals surface area contributed by atoms with E-state index in [4.69, 9.17) is 4.74 Å². The summed E-state index contributed by atoms with van der Waals surface area (Å²) in [4.78, 5) is 11.7. The molecule has 2 heterocycles. The number of ether oxygens (including phenoxy) is 1. The Bertz CT molecular complexity index is 392. The summed E-state index contributed by atoms with van der Waals surface area (Å²) in [6, 6.07) is 0.0311. The van der Waals surface area contributed by atoms with Gasteiger partial charge in [0, 0.05) is 18.2 Å². The van der Waals surface area contributed by atoms with Crippen LogP contribution in [0.1, 0.15) is 44.5 Å². The summed E-state index contributed by atoms with van der Waals surface area (Å²) >= 11 is 0. The smallest absolute Gasteiger partial charge is 0.308 e. The molecule has 1 aromatic rings. The van der Waals surface area contributed by atoms with Gasteiger partial charge in [0.25, 0.3) is 0 Å². The van der Waals surface area contributed by atoms with Crippen LogP contribution in [0.3, 0.4) is 0 Å². The van der Waals surface area contributed by atoms with E-state index in [0.29, 0.717) is 6.42 Å². The third-order valence-corrected chi connectivity index (χ3v) is 2.44. The maximum atomic E-state index is 11.7. The molecule has 1 aliphatic heterocycles. The molecule has 88 valence electrons. The number of aromatic nitrogens is 2. The largest absolute Gasteiger partial charge is 0.460 e. The molecule has 1 atom stereocenters. The van der Waals surface area contributed by atoms with Crippen molar-refractivity contribution in [2.75, 3.05) is 0 Å². The molecule has 0 spiro atoms. The molecule has 0 aliphatic carbocycles. The Labute approximate surface area is 94.6 Å². The molecule has 2 N–H and O–H groups in total. The van der Waals surface area contributed by atoms with Gasteiger partial charge in [0.05, 0.1) is 18.3 Å². The number of aromatic amines is 1. The predicted octanol–water partition coefficient (Wildman–Crippen LogP) is 1.29. The van der Waals surface area contributed by atoms with Gasteiger partial charge in [-0.1, -0.05) is 0 Å². The van der Waals surface area contributed by atoms with Crippen LogP contribution in [0.15, 0.2) is 6.20 Å². The van der Waals surface area contributed by atoms with E-state index in [1.54, 1.807) is 6.20 Å². The summed E-state index contributed by atoms with van der Waals surface area (Å²) in [6.45, 7) is 6.35. The van der Waals surface area contributed by atoms with Crippen molar-refractivity contribution in [3.8, 4) is 0 Å². The third-order valence-electron chi connectivity index (χ3n) is 2.44. The van der Waals surface area contributed by atoms with Crippen molar-refractivity contribution in [2.45, 2.75) is 45.4 Å². The van der Waals surface area contributed by atoms with E-state index in [9.17, 15) is 4.79 Å². The summed E-state index contributed by atoms with van der Waals surface area (Å²) < 4.78 is 5.28. The highest BCUT2D eigenvalue weighted by Gasteiger charge is 2.27. The molecular weight excluding hydrogens is 206 g/mol. The summed E-state index contributed by atoms with van der Waals surface area (Å²) in [5.41, 5.74) is 1.72. The van der Waals surface area contributed by atoms with Crippen LogP contribution >= 0.6 is 0 Å². The van der Waals surface area contributed by atoms with Crippen LogP contribution in [-0.4, -0.2) is 21.8 Å². The normalized spacial score (nSPS) is 19.6. The second-order valence-corrected chi connectivity index (χ2v) is 5.03.